The Morgan fingerprint density at radius 1 is 0.706 bits per heavy atom. The van der Waals surface area contributed by atoms with Gasteiger partial charge in [0.2, 0.25) is 0 Å². The molecule has 0 spiro atoms. The van der Waals surface area contributed by atoms with Crippen molar-refractivity contribution in [2.24, 2.45) is 5.92 Å². The van der Waals surface area contributed by atoms with E-state index in [0.717, 1.165) is 62.1 Å². The topological polar surface area (TPSA) is 51.8 Å². The summed E-state index contributed by atoms with van der Waals surface area (Å²) in [5.74, 6) is 0.538. The molecule has 257 valence electrons. The number of rotatable bonds is 5. The van der Waals surface area contributed by atoms with Crippen molar-refractivity contribution < 1.29 is 24.5 Å². The molecule has 51 heavy (non-hydrogen) atoms. The smallest absolute Gasteiger partial charge is 0.0847 e. The summed E-state index contributed by atoms with van der Waals surface area (Å²) in [4.78, 5) is 14.2. The number of nitrogens with zero attached hydrogens (tertiary/aromatic N) is 3. The van der Waals surface area contributed by atoms with Crippen LogP contribution in [0.25, 0.3) is 66.3 Å². The van der Waals surface area contributed by atoms with Crippen LogP contribution in [-0.4, -0.2) is 15.0 Å². The quantitative estimate of drug-likeness (QED) is 0.162. The summed E-state index contributed by atoms with van der Waals surface area (Å²) in [5, 5.41) is 4.46. The molecule has 8 rings (SSSR count). The average molecular weight is 844 g/mol. The summed E-state index contributed by atoms with van der Waals surface area (Å²) in [7, 11) is 0. The molecule has 0 aliphatic carbocycles. The maximum atomic E-state index is 5.81. The molecular weight excluding hydrogens is 803 g/mol. The summed E-state index contributed by atoms with van der Waals surface area (Å²) in [6.07, 6.45) is 6.45. The molecule has 0 fully saturated rings. The van der Waals surface area contributed by atoms with Crippen LogP contribution < -0.4 is 0 Å². The molecule has 0 unspecified atom stereocenters. The van der Waals surface area contributed by atoms with Gasteiger partial charge in [0.25, 0.3) is 0 Å². The Kier molecular flexibility index (Phi) is 10.6. The minimum absolute atomic E-state index is 0. The van der Waals surface area contributed by atoms with Crippen LogP contribution in [0.3, 0.4) is 0 Å². The van der Waals surface area contributed by atoms with Gasteiger partial charge in [0.15, 0.2) is 0 Å². The maximum absolute atomic E-state index is 5.81. The van der Waals surface area contributed by atoms with E-state index in [-0.39, 0.29) is 20.1 Å². The van der Waals surface area contributed by atoms with Crippen molar-refractivity contribution in [2.75, 3.05) is 0 Å². The maximum Gasteiger partial charge on any atom is 0.0847 e. The molecule has 5 heteroatoms. The zero-order chi connectivity index (χ0) is 34.9. The van der Waals surface area contributed by atoms with Crippen LogP contribution in [0.2, 0.25) is 0 Å². The summed E-state index contributed by atoms with van der Waals surface area (Å²) in [6, 6.07) is 36.6. The van der Waals surface area contributed by atoms with Gasteiger partial charge in [-0.05, 0) is 90.0 Å². The minimum atomic E-state index is 0. The summed E-state index contributed by atoms with van der Waals surface area (Å²) >= 11 is 0. The van der Waals surface area contributed by atoms with Gasteiger partial charge in [0, 0.05) is 55.7 Å². The van der Waals surface area contributed by atoms with Gasteiger partial charge in [-0.2, -0.15) is 0 Å². The minimum Gasteiger partial charge on any atom is -0.506 e. The second-order valence-corrected chi connectivity index (χ2v) is 13.8. The van der Waals surface area contributed by atoms with Gasteiger partial charge in [0.1, 0.15) is 0 Å². The van der Waals surface area contributed by atoms with Crippen LogP contribution in [0.4, 0.5) is 0 Å². The van der Waals surface area contributed by atoms with Crippen molar-refractivity contribution in [3.05, 3.63) is 149 Å². The third kappa shape index (κ3) is 7.56. The van der Waals surface area contributed by atoms with E-state index in [4.69, 9.17) is 14.4 Å². The standard InChI is InChI=1S/C31H25N2O.C15H16N.Ir/c1-19(2)14-25-8-9-27-28(17-23-11-13-34-31(23)30(27)33-25)29-18-21(10-12-32-29)24-15-20(3)26-7-5-4-6-22(26)16-24;1-10-5-6-14(7-11(10)2)15-8-12(3)13(4)9-16-15;/h4-13,15-16,18-19H,14H2,1-3H3;5,7-9H,1-4H3;/q2*-1;. The van der Waals surface area contributed by atoms with Crippen LogP contribution in [0.1, 0.15) is 47.4 Å². The average Bonchev–Trinajstić information content (AvgIpc) is 3.60. The Morgan fingerprint density at radius 2 is 1.51 bits per heavy atom. The number of hydrogen-bond acceptors (Lipinski definition) is 4. The molecule has 0 atom stereocenters. The molecule has 4 heterocycles. The third-order valence-corrected chi connectivity index (χ3v) is 9.47. The van der Waals surface area contributed by atoms with Gasteiger partial charge < -0.3 is 9.40 Å². The molecule has 0 aliphatic heterocycles. The Balaban J connectivity index is 0.000000222. The van der Waals surface area contributed by atoms with Crippen molar-refractivity contribution in [3.8, 4) is 33.6 Å². The zero-order valence-corrected chi connectivity index (χ0v) is 32.6. The van der Waals surface area contributed by atoms with Gasteiger partial charge in [-0.1, -0.05) is 104 Å². The predicted octanol–water partition coefficient (Wildman–Crippen LogP) is 12.0. The first-order valence-corrected chi connectivity index (χ1v) is 17.3. The van der Waals surface area contributed by atoms with Gasteiger partial charge in [-0.25, -0.2) is 0 Å². The zero-order valence-electron chi connectivity index (χ0n) is 30.2. The van der Waals surface area contributed by atoms with Crippen LogP contribution in [0.5, 0.6) is 0 Å². The summed E-state index contributed by atoms with van der Waals surface area (Å²) in [5.41, 5.74) is 15.3. The first-order chi connectivity index (χ1) is 24.1. The summed E-state index contributed by atoms with van der Waals surface area (Å²) < 4.78 is 5.81. The molecule has 8 aromatic rings. The molecule has 0 saturated heterocycles. The second kappa shape index (κ2) is 15.1. The molecule has 0 N–H and O–H groups in total. The first kappa shape index (κ1) is 35.9. The van der Waals surface area contributed by atoms with Gasteiger partial charge in [-0.15, -0.1) is 41.0 Å². The van der Waals surface area contributed by atoms with Gasteiger partial charge in [0.05, 0.1) is 5.58 Å². The second-order valence-electron chi connectivity index (χ2n) is 13.8. The Hall–Kier alpha value is -4.96. The Morgan fingerprint density at radius 3 is 2.29 bits per heavy atom. The molecule has 4 aromatic carbocycles. The van der Waals surface area contributed by atoms with E-state index in [9.17, 15) is 0 Å². The van der Waals surface area contributed by atoms with E-state index in [2.05, 4.69) is 138 Å². The fraction of sp³-hybridized carbons (Fsp3) is 0.196. The molecule has 0 amide bonds. The molecular formula is C46H41IrN3O-2. The fourth-order valence-electron chi connectivity index (χ4n) is 6.41. The number of pyridine rings is 3. The number of furan rings is 1. The third-order valence-electron chi connectivity index (χ3n) is 9.47. The number of benzene rings is 4. The number of hydrogen-bond donors (Lipinski definition) is 0. The van der Waals surface area contributed by atoms with E-state index in [1.165, 1.54) is 44.2 Å². The monoisotopic (exact) mass is 844 g/mol. The molecule has 0 aliphatic rings. The number of aromatic nitrogens is 3. The van der Waals surface area contributed by atoms with E-state index in [1.54, 1.807) is 6.26 Å². The van der Waals surface area contributed by atoms with E-state index in [1.807, 2.05) is 24.5 Å². The van der Waals surface area contributed by atoms with E-state index in [0.29, 0.717) is 5.92 Å². The van der Waals surface area contributed by atoms with E-state index >= 15 is 0 Å². The van der Waals surface area contributed by atoms with Crippen LogP contribution in [0, 0.1) is 52.7 Å². The van der Waals surface area contributed by atoms with Crippen molar-refractivity contribution in [1.82, 2.24) is 15.0 Å². The number of fused-ring (bicyclic) bond motifs is 4. The van der Waals surface area contributed by atoms with Crippen LogP contribution in [0.15, 0.2) is 108 Å². The normalized spacial score (nSPS) is 11.1. The van der Waals surface area contributed by atoms with Crippen molar-refractivity contribution in [2.45, 2.75) is 54.9 Å². The van der Waals surface area contributed by atoms with Crippen molar-refractivity contribution in [1.29, 1.82) is 0 Å². The largest absolute Gasteiger partial charge is 0.506 e. The van der Waals surface area contributed by atoms with Crippen molar-refractivity contribution in [3.63, 3.8) is 0 Å². The predicted molar refractivity (Wildman–Crippen MR) is 207 cm³/mol. The van der Waals surface area contributed by atoms with Gasteiger partial charge >= 0.3 is 0 Å². The summed E-state index contributed by atoms with van der Waals surface area (Å²) in [6.45, 7) is 15.0. The molecule has 0 saturated carbocycles. The molecule has 4 nitrogen and oxygen atoms in total. The Labute approximate surface area is 314 Å². The van der Waals surface area contributed by atoms with Crippen LogP contribution >= 0.6 is 0 Å². The van der Waals surface area contributed by atoms with Crippen LogP contribution in [-0.2, 0) is 26.5 Å². The molecule has 4 aromatic heterocycles. The first-order valence-electron chi connectivity index (χ1n) is 17.3. The Bertz CT molecular complexity index is 2460. The van der Waals surface area contributed by atoms with E-state index < -0.39 is 0 Å². The number of aryl methyl sites for hydroxylation is 5. The van der Waals surface area contributed by atoms with Crippen molar-refractivity contribution >= 4 is 32.6 Å². The van der Waals surface area contributed by atoms with Gasteiger partial charge in [-0.3, -0.25) is 9.97 Å². The molecule has 1 radical (unpaired) electrons. The fourth-order valence-corrected chi connectivity index (χ4v) is 6.41. The SMILES string of the molecule is Cc1c[c-]c(-c2cc(C)c(C)cn2)cc1C.Cc1cc(-c2ccnc(-c3[c-]c4ccoc4c4nc(CC(C)C)ccc34)c2)cc2ccccc12.[Ir]. The molecule has 0 bridgehead atoms.